The monoisotopic (exact) mass is 282 g/mol. The molecule has 0 saturated carbocycles. The summed E-state index contributed by atoms with van der Waals surface area (Å²) in [6.45, 7) is 2.29. The van der Waals surface area contributed by atoms with E-state index in [1.807, 2.05) is 43.3 Å². The summed E-state index contributed by atoms with van der Waals surface area (Å²) in [5.74, 6) is 1.42. The molecule has 108 valence electrons. The lowest BCUT2D eigenvalue weighted by atomic mass is 10.1. The third kappa shape index (κ3) is 3.74. The average Bonchev–Trinajstić information content (AvgIpc) is 2.52. The van der Waals surface area contributed by atoms with Crippen molar-refractivity contribution in [1.82, 2.24) is 0 Å². The minimum atomic E-state index is -0.128. The zero-order valence-electron chi connectivity index (χ0n) is 12.2. The van der Waals surface area contributed by atoms with Gasteiger partial charge in [0.15, 0.2) is 0 Å². The van der Waals surface area contributed by atoms with E-state index in [1.54, 1.807) is 13.2 Å². The van der Waals surface area contributed by atoms with Crippen LogP contribution in [0, 0.1) is 11.3 Å². The number of nitrogens with two attached hydrogens (primary N) is 1. The summed E-state index contributed by atoms with van der Waals surface area (Å²) in [4.78, 5) is 0. The van der Waals surface area contributed by atoms with Gasteiger partial charge in [0.1, 0.15) is 18.1 Å². The number of nitriles is 1. The minimum absolute atomic E-state index is 0.128. The van der Waals surface area contributed by atoms with Gasteiger partial charge >= 0.3 is 0 Å². The summed E-state index contributed by atoms with van der Waals surface area (Å²) >= 11 is 0. The van der Waals surface area contributed by atoms with Crippen LogP contribution in [0.25, 0.3) is 0 Å². The summed E-state index contributed by atoms with van der Waals surface area (Å²) < 4.78 is 11.1. The van der Waals surface area contributed by atoms with Gasteiger partial charge in [0.2, 0.25) is 0 Å². The molecule has 0 aliphatic rings. The highest BCUT2D eigenvalue weighted by molar-refractivity contribution is 5.42. The van der Waals surface area contributed by atoms with Gasteiger partial charge in [0, 0.05) is 17.7 Å². The summed E-state index contributed by atoms with van der Waals surface area (Å²) in [7, 11) is 1.61. The van der Waals surface area contributed by atoms with E-state index >= 15 is 0 Å². The highest BCUT2D eigenvalue weighted by atomic mass is 16.5. The lowest BCUT2D eigenvalue weighted by Gasteiger charge is -2.15. The molecule has 1 unspecified atom stereocenters. The normalized spacial score (nSPS) is 11.5. The predicted octanol–water partition coefficient (Wildman–Crippen LogP) is 3.17. The van der Waals surface area contributed by atoms with E-state index in [0.29, 0.717) is 17.9 Å². The maximum Gasteiger partial charge on any atom is 0.128 e. The molecule has 4 nitrogen and oxygen atoms in total. The molecular formula is C17H18N2O2. The van der Waals surface area contributed by atoms with E-state index in [9.17, 15) is 0 Å². The fourth-order valence-corrected chi connectivity index (χ4v) is 2.03. The van der Waals surface area contributed by atoms with E-state index in [-0.39, 0.29) is 6.04 Å². The quantitative estimate of drug-likeness (QED) is 0.914. The molecule has 0 amide bonds. The van der Waals surface area contributed by atoms with Gasteiger partial charge in [-0.2, -0.15) is 5.26 Å². The molecule has 2 rings (SSSR count). The summed E-state index contributed by atoms with van der Waals surface area (Å²) in [5, 5.41) is 8.91. The van der Waals surface area contributed by atoms with Crippen molar-refractivity contribution >= 4 is 0 Å². The first-order chi connectivity index (χ1) is 10.1. The molecule has 4 heteroatoms. The molecule has 0 aliphatic heterocycles. The van der Waals surface area contributed by atoms with Crippen LogP contribution in [0.2, 0.25) is 0 Å². The SMILES string of the molecule is COc1ccc(C(C)N)c(OCc2cccc(C#N)c2)c1. The third-order valence-corrected chi connectivity index (χ3v) is 3.16. The lowest BCUT2D eigenvalue weighted by Crippen LogP contribution is -2.08. The molecule has 2 aromatic rings. The molecule has 0 spiro atoms. The maximum absolute atomic E-state index is 8.91. The molecule has 0 heterocycles. The van der Waals surface area contributed by atoms with Crippen LogP contribution in [0.3, 0.4) is 0 Å². The van der Waals surface area contributed by atoms with E-state index < -0.39 is 0 Å². The largest absolute Gasteiger partial charge is 0.497 e. The highest BCUT2D eigenvalue weighted by Gasteiger charge is 2.10. The number of nitrogens with zero attached hydrogens (tertiary/aromatic N) is 1. The first-order valence-electron chi connectivity index (χ1n) is 6.69. The Hall–Kier alpha value is -2.51. The number of hydrogen-bond donors (Lipinski definition) is 1. The third-order valence-electron chi connectivity index (χ3n) is 3.16. The standard InChI is InChI=1S/C17H18N2O2/c1-12(19)16-7-6-15(20-2)9-17(16)21-11-14-5-3-4-13(8-14)10-18/h3-9,12H,11,19H2,1-2H3. The number of methoxy groups -OCH3 is 1. The second-order valence-electron chi connectivity index (χ2n) is 4.79. The van der Waals surface area contributed by atoms with Crippen LogP contribution in [0.1, 0.15) is 29.7 Å². The van der Waals surface area contributed by atoms with Gasteiger partial charge < -0.3 is 15.2 Å². The van der Waals surface area contributed by atoms with Crippen molar-refractivity contribution in [2.24, 2.45) is 5.73 Å². The Bertz CT molecular complexity index is 660. The number of benzene rings is 2. The smallest absolute Gasteiger partial charge is 0.128 e. The van der Waals surface area contributed by atoms with Crippen molar-refractivity contribution in [2.75, 3.05) is 7.11 Å². The summed E-state index contributed by atoms with van der Waals surface area (Å²) in [5.41, 5.74) is 8.44. The Labute approximate surface area is 124 Å². The molecule has 0 fully saturated rings. The number of rotatable bonds is 5. The molecule has 0 saturated heterocycles. The Balaban J connectivity index is 2.20. The van der Waals surface area contributed by atoms with Crippen LogP contribution in [0.15, 0.2) is 42.5 Å². The van der Waals surface area contributed by atoms with Crippen LogP contribution in [-0.4, -0.2) is 7.11 Å². The average molecular weight is 282 g/mol. The van der Waals surface area contributed by atoms with Crippen LogP contribution in [0.4, 0.5) is 0 Å². The van der Waals surface area contributed by atoms with Gasteiger partial charge in [0.05, 0.1) is 18.7 Å². The lowest BCUT2D eigenvalue weighted by molar-refractivity contribution is 0.299. The van der Waals surface area contributed by atoms with Gasteiger partial charge in [-0.05, 0) is 30.7 Å². The molecule has 0 bridgehead atoms. The molecule has 1 atom stereocenters. The fraction of sp³-hybridized carbons (Fsp3) is 0.235. The van der Waals surface area contributed by atoms with Crippen LogP contribution in [0.5, 0.6) is 11.5 Å². The molecular weight excluding hydrogens is 264 g/mol. The Kier molecular flexibility index (Phi) is 4.81. The summed E-state index contributed by atoms with van der Waals surface area (Å²) in [6, 6.07) is 14.9. The van der Waals surface area contributed by atoms with E-state index in [4.69, 9.17) is 20.5 Å². The van der Waals surface area contributed by atoms with Crippen molar-refractivity contribution < 1.29 is 9.47 Å². The fourth-order valence-electron chi connectivity index (χ4n) is 2.03. The zero-order valence-corrected chi connectivity index (χ0v) is 12.2. The van der Waals surface area contributed by atoms with E-state index in [1.165, 1.54) is 0 Å². The molecule has 0 radical (unpaired) electrons. The topological polar surface area (TPSA) is 68.3 Å². The molecule has 21 heavy (non-hydrogen) atoms. The van der Waals surface area contributed by atoms with Crippen LogP contribution >= 0.6 is 0 Å². The Morgan fingerprint density at radius 2 is 2.05 bits per heavy atom. The second-order valence-corrected chi connectivity index (χ2v) is 4.79. The van der Waals surface area contributed by atoms with Crippen LogP contribution in [-0.2, 0) is 6.61 Å². The molecule has 0 aromatic heterocycles. The Morgan fingerprint density at radius 1 is 1.24 bits per heavy atom. The van der Waals surface area contributed by atoms with Gasteiger partial charge in [0.25, 0.3) is 0 Å². The van der Waals surface area contributed by atoms with Gasteiger partial charge in [-0.3, -0.25) is 0 Å². The van der Waals surface area contributed by atoms with Crippen molar-refractivity contribution in [3.05, 3.63) is 59.2 Å². The van der Waals surface area contributed by atoms with Gasteiger partial charge in [-0.1, -0.05) is 18.2 Å². The minimum Gasteiger partial charge on any atom is -0.497 e. The van der Waals surface area contributed by atoms with Crippen molar-refractivity contribution in [1.29, 1.82) is 5.26 Å². The zero-order chi connectivity index (χ0) is 15.2. The summed E-state index contributed by atoms with van der Waals surface area (Å²) in [6.07, 6.45) is 0. The first-order valence-corrected chi connectivity index (χ1v) is 6.69. The second kappa shape index (κ2) is 6.78. The van der Waals surface area contributed by atoms with Crippen LogP contribution < -0.4 is 15.2 Å². The number of hydrogen-bond acceptors (Lipinski definition) is 4. The van der Waals surface area contributed by atoms with Crippen molar-refractivity contribution in [3.63, 3.8) is 0 Å². The molecule has 2 N–H and O–H groups in total. The predicted molar refractivity (Wildman–Crippen MR) is 81.1 cm³/mol. The van der Waals surface area contributed by atoms with E-state index in [2.05, 4.69) is 6.07 Å². The van der Waals surface area contributed by atoms with Gasteiger partial charge in [-0.25, -0.2) is 0 Å². The first kappa shape index (κ1) is 14.9. The number of ether oxygens (including phenoxy) is 2. The van der Waals surface area contributed by atoms with Crippen molar-refractivity contribution in [3.8, 4) is 17.6 Å². The highest BCUT2D eigenvalue weighted by Crippen LogP contribution is 2.29. The van der Waals surface area contributed by atoms with E-state index in [0.717, 1.165) is 16.9 Å². The Morgan fingerprint density at radius 3 is 2.71 bits per heavy atom. The maximum atomic E-state index is 8.91. The molecule has 2 aromatic carbocycles. The van der Waals surface area contributed by atoms with Crippen molar-refractivity contribution in [2.45, 2.75) is 19.6 Å². The van der Waals surface area contributed by atoms with Gasteiger partial charge in [-0.15, -0.1) is 0 Å². The molecule has 0 aliphatic carbocycles.